The first kappa shape index (κ1) is 19.7. The fourth-order valence-corrected chi connectivity index (χ4v) is 2.48. The summed E-state index contributed by atoms with van der Waals surface area (Å²) in [6, 6.07) is 0. The molecule has 0 aromatic rings. The zero-order chi connectivity index (χ0) is 14.7. The van der Waals surface area contributed by atoms with E-state index in [1.165, 1.54) is 83.5 Å². The topological polar surface area (TPSA) is 39.7 Å². The van der Waals surface area contributed by atoms with E-state index < -0.39 is 0 Å². The average molecular weight is 283 g/mol. The molecule has 0 fully saturated rings. The first-order chi connectivity index (χ1) is 9.91. The van der Waals surface area contributed by atoms with E-state index >= 15 is 0 Å². The van der Waals surface area contributed by atoms with Crippen LogP contribution in [-0.2, 0) is 0 Å². The number of hydrogen-bond donors (Lipinski definition) is 1. The van der Waals surface area contributed by atoms with Gasteiger partial charge in [0.2, 0.25) is 0 Å². The van der Waals surface area contributed by atoms with Crippen molar-refractivity contribution in [1.82, 2.24) is 0 Å². The summed E-state index contributed by atoms with van der Waals surface area (Å²) in [5, 5.41) is 10.1. The van der Waals surface area contributed by atoms with Crippen molar-refractivity contribution in [3.05, 3.63) is 17.4 Å². The van der Waals surface area contributed by atoms with Crippen molar-refractivity contribution in [2.24, 2.45) is 0 Å². The van der Waals surface area contributed by atoms with Crippen molar-refractivity contribution < 1.29 is 5.48 Å². The van der Waals surface area contributed by atoms with Gasteiger partial charge in [0.25, 0.3) is 0 Å². The van der Waals surface area contributed by atoms with Crippen molar-refractivity contribution >= 4 is 0 Å². The van der Waals surface area contributed by atoms with Gasteiger partial charge in [-0.25, -0.2) is 0 Å². The number of hydrogen-bond acceptors (Lipinski definition) is 1. The Hall–Kier alpha value is -0.340. The van der Waals surface area contributed by atoms with Crippen LogP contribution in [-0.4, -0.2) is 6.54 Å². The van der Waals surface area contributed by atoms with E-state index in [-0.39, 0.29) is 0 Å². The van der Waals surface area contributed by atoms with Crippen LogP contribution in [0.15, 0.2) is 12.2 Å². The highest BCUT2D eigenvalue weighted by atomic mass is 16.5. The van der Waals surface area contributed by atoms with Gasteiger partial charge in [-0.3, -0.25) is 0 Å². The van der Waals surface area contributed by atoms with Crippen molar-refractivity contribution in [2.75, 3.05) is 6.54 Å². The molecule has 2 heteroatoms. The standard InChI is InChI=1S/C18H37NO/c1-2-3-4-5-6-7-8-9-10-11-12-13-14-15-16-17-18-19-20/h9-10H,2-8,11-19H2,1H3. The Morgan fingerprint density at radius 3 is 1.60 bits per heavy atom. The van der Waals surface area contributed by atoms with Crippen molar-refractivity contribution in [2.45, 2.75) is 96.8 Å². The van der Waals surface area contributed by atoms with Crippen LogP contribution in [0.2, 0.25) is 0 Å². The van der Waals surface area contributed by atoms with Crippen molar-refractivity contribution in [1.29, 1.82) is 0 Å². The van der Waals surface area contributed by atoms with Gasteiger partial charge in [-0.05, 0) is 38.5 Å². The number of hydroxylamine groups is 1. The molecule has 0 saturated heterocycles. The lowest BCUT2D eigenvalue weighted by Crippen LogP contribution is -2.77. The van der Waals surface area contributed by atoms with Crippen molar-refractivity contribution in [3.8, 4) is 0 Å². The highest BCUT2D eigenvalue weighted by Crippen LogP contribution is 2.09. The maximum atomic E-state index is 10.1. The Morgan fingerprint density at radius 2 is 1.10 bits per heavy atom. The second-order valence-electron chi connectivity index (χ2n) is 5.89. The quantitative estimate of drug-likeness (QED) is 0.239. The summed E-state index contributed by atoms with van der Waals surface area (Å²) in [4.78, 5) is 0. The number of allylic oxidation sites excluding steroid dienone is 2. The van der Waals surface area contributed by atoms with E-state index in [4.69, 9.17) is 0 Å². The molecule has 0 rings (SSSR count). The van der Waals surface area contributed by atoms with Crippen LogP contribution in [0.25, 0.3) is 0 Å². The van der Waals surface area contributed by atoms with Gasteiger partial charge in [0.1, 0.15) is 0 Å². The molecular weight excluding hydrogens is 246 g/mol. The molecule has 2 N–H and O–H groups in total. The third kappa shape index (κ3) is 17.7. The van der Waals surface area contributed by atoms with Gasteiger partial charge in [-0.1, -0.05) is 70.4 Å². The Kier molecular flexibility index (Phi) is 18.3. The number of nitrogens with two attached hydrogens (primary N) is 1. The smallest absolute Gasteiger partial charge is 0.0752 e. The van der Waals surface area contributed by atoms with Crippen LogP contribution in [0.4, 0.5) is 0 Å². The molecule has 0 unspecified atom stereocenters. The van der Waals surface area contributed by atoms with Crippen LogP contribution in [0.1, 0.15) is 96.8 Å². The second kappa shape index (κ2) is 18.7. The summed E-state index contributed by atoms with van der Waals surface area (Å²) >= 11 is 0. The average Bonchev–Trinajstić information content (AvgIpc) is 2.47. The minimum absolute atomic E-state index is 0.751. The Morgan fingerprint density at radius 1 is 0.650 bits per heavy atom. The zero-order valence-electron chi connectivity index (χ0n) is 13.7. The fraction of sp³-hybridized carbons (Fsp3) is 0.889. The molecule has 0 saturated carbocycles. The lowest BCUT2D eigenvalue weighted by atomic mass is 10.1. The van der Waals surface area contributed by atoms with Gasteiger partial charge in [-0.2, -0.15) is 0 Å². The molecule has 20 heavy (non-hydrogen) atoms. The largest absolute Gasteiger partial charge is 0.636 e. The molecule has 2 nitrogen and oxygen atoms in total. The van der Waals surface area contributed by atoms with Crippen LogP contribution in [0, 0.1) is 5.21 Å². The maximum absolute atomic E-state index is 10.1. The van der Waals surface area contributed by atoms with Crippen LogP contribution in [0.3, 0.4) is 0 Å². The molecule has 0 aliphatic heterocycles. The normalized spacial score (nSPS) is 11.5. The summed E-state index contributed by atoms with van der Waals surface area (Å²) in [7, 11) is 0. The van der Waals surface area contributed by atoms with E-state index in [2.05, 4.69) is 19.1 Å². The first-order valence-electron chi connectivity index (χ1n) is 9.00. The Labute approximate surface area is 127 Å². The molecule has 0 radical (unpaired) electrons. The van der Waals surface area contributed by atoms with Gasteiger partial charge in [0, 0.05) is 0 Å². The molecule has 120 valence electrons. The zero-order valence-corrected chi connectivity index (χ0v) is 13.7. The Bertz CT molecular complexity index is 192. The summed E-state index contributed by atoms with van der Waals surface area (Å²) < 4.78 is 0. The van der Waals surface area contributed by atoms with E-state index in [1.54, 1.807) is 0 Å². The third-order valence-corrected chi connectivity index (χ3v) is 3.83. The maximum Gasteiger partial charge on any atom is 0.0752 e. The van der Waals surface area contributed by atoms with E-state index in [0.717, 1.165) is 18.4 Å². The minimum atomic E-state index is 0.751. The molecule has 0 heterocycles. The molecular formula is C18H37NO. The van der Waals surface area contributed by atoms with Gasteiger partial charge in [0.05, 0.1) is 6.54 Å². The van der Waals surface area contributed by atoms with Crippen LogP contribution < -0.4 is 5.48 Å². The highest BCUT2D eigenvalue weighted by molar-refractivity contribution is 4.81. The molecule has 0 bridgehead atoms. The van der Waals surface area contributed by atoms with E-state index in [9.17, 15) is 5.21 Å². The molecule has 0 aromatic heterocycles. The molecule has 0 atom stereocenters. The second-order valence-corrected chi connectivity index (χ2v) is 5.89. The lowest BCUT2D eigenvalue weighted by Gasteiger charge is -2.02. The lowest BCUT2D eigenvalue weighted by molar-refractivity contribution is -0.589. The van der Waals surface area contributed by atoms with Crippen LogP contribution in [0.5, 0.6) is 0 Å². The van der Waals surface area contributed by atoms with E-state index in [0.29, 0.717) is 0 Å². The van der Waals surface area contributed by atoms with Gasteiger partial charge in [0.15, 0.2) is 0 Å². The monoisotopic (exact) mass is 283 g/mol. The summed E-state index contributed by atoms with van der Waals surface area (Å²) in [5.41, 5.74) is 1.04. The predicted octanol–water partition coefficient (Wildman–Crippen LogP) is 5.09. The first-order valence-corrected chi connectivity index (χ1v) is 9.00. The number of quaternary nitrogens is 1. The van der Waals surface area contributed by atoms with Gasteiger partial charge in [-0.15, -0.1) is 0 Å². The molecule has 0 aromatic carbocycles. The highest BCUT2D eigenvalue weighted by Gasteiger charge is 1.91. The van der Waals surface area contributed by atoms with Crippen LogP contribution >= 0.6 is 0 Å². The summed E-state index contributed by atoms with van der Waals surface area (Å²) in [6.45, 7) is 3.02. The minimum Gasteiger partial charge on any atom is -0.636 e. The summed E-state index contributed by atoms with van der Waals surface area (Å²) in [6.07, 6.45) is 23.3. The Balaban J connectivity index is 3.01. The molecule has 0 amide bonds. The molecule has 0 spiro atoms. The fourth-order valence-electron chi connectivity index (χ4n) is 2.48. The predicted molar refractivity (Wildman–Crippen MR) is 89.6 cm³/mol. The third-order valence-electron chi connectivity index (χ3n) is 3.83. The van der Waals surface area contributed by atoms with E-state index in [1.807, 2.05) is 0 Å². The summed E-state index contributed by atoms with van der Waals surface area (Å²) in [5.74, 6) is 0. The number of unbranched alkanes of at least 4 members (excludes halogenated alkanes) is 12. The van der Waals surface area contributed by atoms with Gasteiger partial charge < -0.3 is 10.7 Å². The van der Waals surface area contributed by atoms with Crippen molar-refractivity contribution in [3.63, 3.8) is 0 Å². The number of rotatable bonds is 16. The molecule has 0 aliphatic carbocycles. The SMILES string of the molecule is CCCCCCCCC=CCCCCCCCC[NH2+][O-]. The molecule has 0 aliphatic rings. The van der Waals surface area contributed by atoms with Gasteiger partial charge >= 0.3 is 0 Å².